The number of benzene rings is 2. The third-order valence-electron chi connectivity index (χ3n) is 3.28. The number of fused-ring (bicyclic) bond motifs is 1. The summed E-state index contributed by atoms with van der Waals surface area (Å²) < 4.78 is 5.82. The van der Waals surface area contributed by atoms with Gasteiger partial charge in [-0.25, -0.2) is 0 Å². The van der Waals surface area contributed by atoms with E-state index < -0.39 is 0 Å². The van der Waals surface area contributed by atoms with Gasteiger partial charge in [-0.2, -0.15) is 0 Å². The summed E-state index contributed by atoms with van der Waals surface area (Å²) >= 11 is 1.87. The first-order valence-electron chi connectivity index (χ1n) is 6.27. The number of rotatable bonds is 4. The van der Waals surface area contributed by atoms with Crippen LogP contribution in [0.2, 0.25) is 0 Å². The van der Waals surface area contributed by atoms with Crippen molar-refractivity contribution in [3.63, 3.8) is 0 Å². The molecule has 1 aliphatic heterocycles. The molecule has 0 aliphatic carbocycles. The number of carbonyl (C=O) groups excluding carboxylic acids is 1. The Kier molecular flexibility index (Phi) is 3.56. The molecular weight excluding hydrogens is 256 g/mol. The minimum Gasteiger partial charge on any atom is -0.492 e. The highest BCUT2D eigenvalue weighted by Gasteiger charge is 2.23. The van der Waals surface area contributed by atoms with Gasteiger partial charge in [0, 0.05) is 16.6 Å². The van der Waals surface area contributed by atoms with Gasteiger partial charge in [-0.15, -0.1) is 11.8 Å². The lowest BCUT2D eigenvalue weighted by Gasteiger charge is -2.13. The van der Waals surface area contributed by atoms with Gasteiger partial charge in [-0.05, 0) is 23.8 Å². The minimum atomic E-state index is 0.404. The second kappa shape index (κ2) is 5.49. The third kappa shape index (κ3) is 2.51. The van der Waals surface area contributed by atoms with Crippen LogP contribution in [0.1, 0.15) is 21.8 Å². The van der Waals surface area contributed by atoms with Crippen LogP contribution in [0.4, 0.5) is 0 Å². The fourth-order valence-electron chi connectivity index (χ4n) is 2.27. The first-order chi connectivity index (χ1) is 9.38. The summed E-state index contributed by atoms with van der Waals surface area (Å²) in [4.78, 5) is 12.3. The van der Waals surface area contributed by atoms with E-state index in [1.165, 1.54) is 10.5 Å². The lowest BCUT2D eigenvalue weighted by molar-refractivity contribution is 0.111. The molecule has 3 rings (SSSR count). The molecule has 1 aliphatic rings. The lowest BCUT2D eigenvalue weighted by atomic mass is 10.0. The highest BCUT2D eigenvalue weighted by Crippen LogP contribution is 2.39. The average molecular weight is 270 g/mol. The maximum Gasteiger partial charge on any atom is 0.153 e. The normalized spacial score (nSPS) is 16.9. The van der Waals surface area contributed by atoms with Gasteiger partial charge in [-0.3, -0.25) is 4.79 Å². The Labute approximate surface area is 116 Å². The van der Waals surface area contributed by atoms with E-state index in [1.54, 1.807) is 6.07 Å². The first-order valence-corrected chi connectivity index (χ1v) is 7.26. The molecule has 19 heavy (non-hydrogen) atoms. The van der Waals surface area contributed by atoms with Crippen molar-refractivity contribution < 1.29 is 9.53 Å². The van der Waals surface area contributed by atoms with Crippen molar-refractivity contribution in [2.24, 2.45) is 0 Å². The van der Waals surface area contributed by atoms with Crippen LogP contribution in [0, 0.1) is 0 Å². The van der Waals surface area contributed by atoms with E-state index in [-0.39, 0.29) is 0 Å². The highest BCUT2D eigenvalue weighted by molar-refractivity contribution is 7.99. The lowest BCUT2D eigenvalue weighted by Crippen LogP contribution is -2.10. The van der Waals surface area contributed by atoms with E-state index in [0.29, 0.717) is 23.8 Å². The van der Waals surface area contributed by atoms with Gasteiger partial charge in [0.2, 0.25) is 0 Å². The molecule has 0 saturated heterocycles. The van der Waals surface area contributed by atoms with Gasteiger partial charge < -0.3 is 4.74 Å². The maximum atomic E-state index is 10.9. The zero-order valence-electron chi connectivity index (χ0n) is 10.4. The van der Waals surface area contributed by atoms with Gasteiger partial charge in [0.25, 0.3) is 0 Å². The number of aldehydes is 1. The molecule has 0 spiro atoms. The highest BCUT2D eigenvalue weighted by atomic mass is 32.2. The Balaban J connectivity index is 1.72. The SMILES string of the molecule is O=Cc1ccccc1OCC1CSc2ccccc21. The van der Waals surface area contributed by atoms with E-state index in [0.717, 1.165) is 12.0 Å². The zero-order chi connectivity index (χ0) is 13.1. The van der Waals surface area contributed by atoms with Gasteiger partial charge in [0.05, 0.1) is 12.2 Å². The maximum absolute atomic E-state index is 10.9. The van der Waals surface area contributed by atoms with Gasteiger partial charge in [0.15, 0.2) is 6.29 Å². The molecule has 0 fully saturated rings. The molecule has 1 atom stereocenters. The van der Waals surface area contributed by atoms with Crippen molar-refractivity contribution >= 4 is 18.0 Å². The van der Waals surface area contributed by atoms with Gasteiger partial charge >= 0.3 is 0 Å². The van der Waals surface area contributed by atoms with Crippen LogP contribution in [-0.4, -0.2) is 18.6 Å². The smallest absolute Gasteiger partial charge is 0.153 e. The Morgan fingerprint density at radius 3 is 2.84 bits per heavy atom. The van der Waals surface area contributed by atoms with E-state index in [9.17, 15) is 4.79 Å². The van der Waals surface area contributed by atoms with Crippen molar-refractivity contribution in [2.45, 2.75) is 10.8 Å². The zero-order valence-corrected chi connectivity index (χ0v) is 11.2. The van der Waals surface area contributed by atoms with Crippen molar-refractivity contribution in [2.75, 3.05) is 12.4 Å². The number of para-hydroxylation sites is 1. The fraction of sp³-hybridized carbons (Fsp3) is 0.188. The van der Waals surface area contributed by atoms with E-state index in [4.69, 9.17) is 4.74 Å². The van der Waals surface area contributed by atoms with Crippen LogP contribution < -0.4 is 4.74 Å². The van der Waals surface area contributed by atoms with Crippen LogP contribution in [0.3, 0.4) is 0 Å². The van der Waals surface area contributed by atoms with Crippen molar-refractivity contribution in [1.82, 2.24) is 0 Å². The Bertz CT molecular complexity index is 595. The molecule has 3 heteroatoms. The molecule has 96 valence electrons. The number of thioether (sulfide) groups is 1. The second-order valence-electron chi connectivity index (χ2n) is 4.51. The molecule has 1 unspecified atom stereocenters. The van der Waals surface area contributed by atoms with Crippen molar-refractivity contribution in [3.05, 3.63) is 59.7 Å². The van der Waals surface area contributed by atoms with Crippen molar-refractivity contribution in [1.29, 1.82) is 0 Å². The molecule has 1 heterocycles. The van der Waals surface area contributed by atoms with E-state index in [2.05, 4.69) is 24.3 Å². The molecular formula is C16H14O2S. The Morgan fingerprint density at radius 1 is 1.16 bits per heavy atom. The quantitative estimate of drug-likeness (QED) is 0.791. The van der Waals surface area contributed by atoms with Crippen LogP contribution in [0.15, 0.2) is 53.4 Å². The molecule has 2 nitrogen and oxygen atoms in total. The van der Waals surface area contributed by atoms with E-state index in [1.807, 2.05) is 30.0 Å². The number of hydrogen-bond acceptors (Lipinski definition) is 3. The molecule has 2 aromatic carbocycles. The van der Waals surface area contributed by atoms with Gasteiger partial charge in [-0.1, -0.05) is 30.3 Å². The van der Waals surface area contributed by atoms with Crippen LogP contribution in [0.5, 0.6) is 5.75 Å². The average Bonchev–Trinajstić information content (AvgIpc) is 2.89. The fourth-order valence-corrected chi connectivity index (χ4v) is 3.50. The molecule has 2 aromatic rings. The van der Waals surface area contributed by atoms with Crippen LogP contribution in [-0.2, 0) is 0 Å². The summed E-state index contributed by atoms with van der Waals surface area (Å²) in [6.07, 6.45) is 0.840. The summed E-state index contributed by atoms with van der Waals surface area (Å²) in [5, 5.41) is 0. The summed E-state index contributed by atoms with van der Waals surface area (Å²) in [6.45, 7) is 0.620. The Morgan fingerprint density at radius 2 is 1.95 bits per heavy atom. The predicted octanol–water partition coefficient (Wildman–Crippen LogP) is 3.77. The molecule has 0 amide bonds. The molecule has 0 N–H and O–H groups in total. The topological polar surface area (TPSA) is 26.3 Å². The minimum absolute atomic E-state index is 0.404. The second-order valence-corrected chi connectivity index (χ2v) is 5.57. The third-order valence-corrected chi connectivity index (χ3v) is 4.54. The molecule has 0 radical (unpaired) electrons. The molecule has 0 bridgehead atoms. The number of carbonyl (C=O) groups is 1. The summed E-state index contributed by atoms with van der Waals surface area (Å²) in [5.41, 5.74) is 1.97. The monoisotopic (exact) mass is 270 g/mol. The van der Waals surface area contributed by atoms with Crippen LogP contribution >= 0.6 is 11.8 Å². The van der Waals surface area contributed by atoms with Gasteiger partial charge in [0.1, 0.15) is 5.75 Å². The Hall–Kier alpha value is -1.74. The largest absolute Gasteiger partial charge is 0.492 e. The number of hydrogen-bond donors (Lipinski definition) is 0. The summed E-state index contributed by atoms with van der Waals surface area (Å²) in [7, 11) is 0. The van der Waals surface area contributed by atoms with Crippen LogP contribution in [0.25, 0.3) is 0 Å². The van der Waals surface area contributed by atoms with Crippen molar-refractivity contribution in [3.8, 4) is 5.75 Å². The molecule has 0 saturated carbocycles. The standard InChI is InChI=1S/C16H14O2S/c17-9-12-5-1-3-7-15(12)18-10-13-11-19-16-8-4-2-6-14(13)16/h1-9,13H,10-11H2. The summed E-state index contributed by atoms with van der Waals surface area (Å²) in [5.74, 6) is 2.12. The molecule has 0 aromatic heterocycles. The summed E-state index contributed by atoms with van der Waals surface area (Å²) in [6, 6.07) is 15.8. The number of ether oxygens (including phenoxy) is 1. The van der Waals surface area contributed by atoms with E-state index >= 15 is 0 Å². The first kappa shape index (κ1) is 12.3. The predicted molar refractivity (Wildman–Crippen MR) is 77.2 cm³/mol.